The number of benzene rings is 2. The molecule has 8 heteroatoms. The van der Waals surface area contributed by atoms with Crippen molar-refractivity contribution in [2.24, 2.45) is 0 Å². The highest BCUT2D eigenvalue weighted by atomic mass is 32.1. The molecule has 3 aromatic heterocycles. The Kier molecular flexibility index (Phi) is 4.61. The number of anilines is 1. The molecule has 7 nitrogen and oxygen atoms in total. The van der Waals surface area contributed by atoms with Gasteiger partial charge in [-0.3, -0.25) is 9.78 Å². The third-order valence-electron chi connectivity index (χ3n) is 4.75. The molecule has 0 radical (unpaired) electrons. The molecule has 0 fully saturated rings. The average molecular weight is 414 g/mol. The van der Waals surface area contributed by atoms with Gasteiger partial charge in [-0.1, -0.05) is 48.5 Å². The van der Waals surface area contributed by atoms with Gasteiger partial charge in [-0.25, -0.2) is 9.67 Å². The van der Waals surface area contributed by atoms with Crippen LogP contribution in [0.5, 0.6) is 0 Å². The summed E-state index contributed by atoms with van der Waals surface area (Å²) in [5, 5.41) is 11.0. The van der Waals surface area contributed by atoms with Crippen molar-refractivity contribution in [1.82, 2.24) is 24.7 Å². The van der Waals surface area contributed by atoms with Gasteiger partial charge in [-0.05, 0) is 19.1 Å². The summed E-state index contributed by atoms with van der Waals surface area (Å²) in [5.74, 6) is 0.383. The molecule has 5 aromatic rings. The largest absolute Gasteiger partial charge is 0.347 e. The Bertz CT molecular complexity index is 1360. The van der Waals surface area contributed by atoms with Gasteiger partial charge in [0.1, 0.15) is 10.4 Å². The molecule has 148 valence electrons. The van der Waals surface area contributed by atoms with Crippen LogP contribution < -0.4 is 10.9 Å². The molecule has 0 saturated heterocycles. The first-order chi connectivity index (χ1) is 14.7. The Morgan fingerprint density at radius 2 is 1.77 bits per heavy atom. The molecule has 5 rings (SSSR count). The van der Waals surface area contributed by atoms with E-state index in [-0.39, 0.29) is 11.6 Å². The number of nitrogens with one attached hydrogen (secondary N) is 2. The Labute approximate surface area is 176 Å². The van der Waals surface area contributed by atoms with E-state index in [4.69, 9.17) is 4.98 Å². The summed E-state index contributed by atoms with van der Waals surface area (Å²) in [7, 11) is 0. The smallest absolute Gasteiger partial charge is 0.263 e. The lowest BCUT2D eigenvalue weighted by molar-refractivity contribution is 0.843. The Balaban J connectivity index is 1.45. The normalized spacial score (nSPS) is 12.2. The van der Waals surface area contributed by atoms with Crippen LogP contribution in [-0.4, -0.2) is 24.7 Å². The quantitative estimate of drug-likeness (QED) is 0.445. The first-order valence-corrected chi connectivity index (χ1v) is 10.4. The maximum atomic E-state index is 12.5. The number of para-hydroxylation sites is 1. The molecule has 2 N–H and O–H groups in total. The van der Waals surface area contributed by atoms with Gasteiger partial charge in [0.25, 0.3) is 5.56 Å². The van der Waals surface area contributed by atoms with Crippen LogP contribution in [-0.2, 0) is 0 Å². The lowest BCUT2D eigenvalue weighted by Gasteiger charge is -2.12. The molecule has 0 spiro atoms. The fourth-order valence-electron chi connectivity index (χ4n) is 3.24. The van der Waals surface area contributed by atoms with Gasteiger partial charge in [-0.15, -0.1) is 11.3 Å². The number of rotatable bonds is 5. The summed E-state index contributed by atoms with van der Waals surface area (Å²) in [6, 6.07) is 19.5. The van der Waals surface area contributed by atoms with Crippen molar-refractivity contribution in [3.8, 4) is 16.9 Å². The van der Waals surface area contributed by atoms with Gasteiger partial charge in [0.05, 0.1) is 23.6 Å². The number of fused-ring (bicyclic) bond motifs is 1. The van der Waals surface area contributed by atoms with Crippen LogP contribution in [0, 0.1) is 0 Å². The summed E-state index contributed by atoms with van der Waals surface area (Å²) < 4.78 is 1.66. The van der Waals surface area contributed by atoms with Gasteiger partial charge in [0, 0.05) is 10.9 Å². The highest BCUT2D eigenvalue weighted by Crippen LogP contribution is 2.27. The minimum Gasteiger partial charge on any atom is -0.347 e. The van der Waals surface area contributed by atoms with E-state index in [0.29, 0.717) is 17.0 Å². The van der Waals surface area contributed by atoms with Crippen LogP contribution in [0.15, 0.2) is 77.0 Å². The SMILES string of the molecule is CC(Nc1nc2c(cnn2-c2ccccc2)c(=O)[nH]1)c1nc(-c2ccccc2)cs1. The van der Waals surface area contributed by atoms with E-state index in [1.807, 2.05) is 73.0 Å². The Morgan fingerprint density at radius 3 is 2.53 bits per heavy atom. The van der Waals surface area contributed by atoms with Crippen molar-refractivity contribution in [1.29, 1.82) is 0 Å². The minimum atomic E-state index is -0.235. The van der Waals surface area contributed by atoms with Crippen molar-refractivity contribution >= 4 is 28.3 Å². The molecule has 0 aliphatic carbocycles. The average Bonchev–Trinajstić information content (AvgIpc) is 3.43. The first-order valence-electron chi connectivity index (χ1n) is 9.50. The third-order valence-corrected chi connectivity index (χ3v) is 5.78. The highest BCUT2D eigenvalue weighted by Gasteiger charge is 2.15. The summed E-state index contributed by atoms with van der Waals surface area (Å²) >= 11 is 1.57. The molecular formula is C22H18N6OS. The van der Waals surface area contributed by atoms with Crippen LogP contribution in [0.1, 0.15) is 18.0 Å². The van der Waals surface area contributed by atoms with Gasteiger partial charge < -0.3 is 5.32 Å². The van der Waals surface area contributed by atoms with Crippen molar-refractivity contribution in [2.75, 3.05) is 5.32 Å². The number of thiazole rings is 1. The van der Waals surface area contributed by atoms with Crippen LogP contribution in [0.3, 0.4) is 0 Å². The molecule has 0 bridgehead atoms. The number of H-pyrrole nitrogens is 1. The van der Waals surface area contributed by atoms with E-state index >= 15 is 0 Å². The van der Waals surface area contributed by atoms with E-state index in [0.717, 1.165) is 22.0 Å². The summed E-state index contributed by atoms with van der Waals surface area (Å²) in [4.78, 5) is 24.7. The van der Waals surface area contributed by atoms with E-state index in [9.17, 15) is 4.79 Å². The second-order valence-electron chi connectivity index (χ2n) is 6.85. The third kappa shape index (κ3) is 3.37. The molecule has 0 saturated carbocycles. The van der Waals surface area contributed by atoms with Crippen molar-refractivity contribution in [3.63, 3.8) is 0 Å². The van der Waals surface area contributed by atoms with E-state index in [1.165, 1.54) is 6.20 Å². The number of aromatic nitrogens is 5. The molecule has 1 atom stereocenters. The molecule has 0 amide bonds. The lowest BCUT2D eigenvalue weighted by Crippen LogP contribution is -2.16. The zero-order valence-corrected chi connectivity index (χ0v) is 16.9. The van der Waals surface area contributed by atoms with Crippen molar-refractivity contribution in [3.05, 3.63) is 87.6 Å². The van der Waals surface area contributed by atoms with Crippen molar-refractivity contribution in [2.45, 2.75) is 13.0 Å². The molecule has 0 aliphatic heterocycles. The highest BCUT2D eigenvalue weighted by molar-refractivity contribution is 7.10. The fraction of sp³-hybridized carbons (Fsp3) is 0.0909. The van der Waals surface area contributed by atoms with Crippen LogP contribution >= 0.6 is 11.3 Å². The van der Waals surface area contributed by atoms with Gasteiger partial charge in [0.15, 0.2) is 5.65 Å². The van der Waals surface area contributed by atoms with Crippen LogP contribution in [0.2, 0.25) is 0 Å². The maximum absolute atomic E-state index is 12.5. The minimum absolute atomic E-state index is 0.124. The first kappa shape index (κ1) is 18.3. The Morgan fingerprint density at radius 1 is 1.03 bits per heavy atom. The van der Waals surface area contributed by atoms with Gasteiger partial charge in [0.2, 0.25) is 5.95 Å². The monoisotopic (exact) mass is 414 g/mol. The van der Waals surface area contributed by atoms with E-state index in [2.05, 4.69) is 20.4 Å². The molecule has 0 aliphatic rings. The zero-order chi connectivity index (χ0) is 20.5. The molecular weight excluding hydrogens is 396 g/mol. The second-order valence-corrected chi connectivity index (χ2v) is 7.74. The lowest BCUT2D eigenvalue weighted by atomic mass is 10.2. The summed E-state index contributed by atoms with van der Waals surface area (Å²) in [6.07, 6.45) is 1.54. The number of hydrogen-bond donors (Lipinski definition) is 2. The van der Waals surface area contributed by atoms with E-state index in [1.54, 1.807) is 16.0 Å². The van der Waals surface area contributed by atoms with Gasteiger partial charge in [-0.2, -0.15) is 10.1 Å². The molecule has 1 unspecified atom stereocenters. The van der Waals surface area contributed by atoms with Crippen LogP contribution in [0.4, 0.5) is 5.95 Å². The summed E-state index contributed by atoms with van der Waals surface area (Å²) in [6.45, 7) is 1.99. The predicted octanol–water partition coefficient (Wildman–Crippen LogP) is 4.41. The Hall–Kier alpha value is -3.78. The standard InChI is InChI=1S/C22H18N6OS/c1-14(21-25-18(13-30-21)15-8-4-2-5-9-15)24-22-26-19-17(20(29)27-22)12-23-28(19)16-10-6-3-7-11-16/h2-14H,1H3,(H2,24,26,27,29). The van der Waals surface area contributed by atoms with Crippen molar-refractivity contribution < 1.29 is 0 Å². The number of aromatic amines is 1. The fourth-order valence-corrected chi connectivity index (χ4v) is 4.08. The number of nitrogens with zero attached hydrogens (tertiary/aromatic N) is 4. The summed E-state index contributed by atoms with van der Waals surface area (Å²) in [5.41, 5.74) is 3.12. The van der Waals surface area contributed by atoms with Crippen LogP contribution in [0.25, 0.3) is 28.0 Å². The topological polar surface area (TPSA) is 88.5 Å². The zero-order valence-electron chi connectivity index (χ0n) is 16.1. The predicted molar refractivity (Wildman–Crippen MR) is 119 cm³/mol. The number of hydrogen-bond acceptors (Lipinski definition) is 6. The van der Waals surface area contributed by atoms with E-state index < -0.39 is 0 Å². The molecule has 30 heavy (non-hydrogen) atoms. The second kappa shape index (κ2) is 7.57. The molecule has 2 aromatic carbocycles. The maximum Gasteiger partial charge on any atom is 0.263 e. The van der Waals surface area contributed by atoms with Gasteiger partial charge >= 0.3 is 0 Å². The molecule has 3 heterocycles.